The average Bonchev–Trinajstić information content (AvgIpc) is 3.47. The van der Waals surface area contributed by atoms with Crippen LogP contribution >= 0.6 is 0 Å². The average molecular weight is 378 g/mol. The van der Waals surface area contributed by atoms with Crippen molar-refractivity contribution in [2.24, 2.45) is 7.05 Å². The van der Waals surface area contributed by atoms with E-state index in [0.29, 0.717) is 12.1 Å². The minimum absolute atomic E-state index is 0.0852. The van der Waals surface area contributed by atoms with Crippen LogP contribution in [0.15, 0.2) is 55.0 Å². The van der Waals surface area contributed by atoms with E-state index >= 15 is 0 Å². The Kier molecular flexibility index (Phi) is 4.94. The second-order valence-electron chi connectivity index (χ2n) is 7.47. The first-order valence-electron chi connectivity index (χ1n) is 9.72. The maximum Gasteiger partial charge on any atom is 0.256 e. The van der Waals surface area contributed by atoms with Gasteiger partial charge in [0, 0.05) is 37.0 Å². The Morgan fingerprint density at radius 1 is 1.18 bits per heavy atom. The fraction of sp³-hybridized carbons (Fsp3) is 0.364. The van der Waals surface area contributed by atoms with E-state index in [-0.39, 0.29) is 11.3 Å². The van der Waals surface area contributed by atoms with Gasteiger partial charge in [-0.15, -0.1) is 0 Å². The molecule has 2 heterocycles. The Balaban J connectivity index is 1.59. The van der Waals surface area contributed by atoms with Crippen molar-refractivity contribution in [2.45, 2.75) is 31.1 Å². The quantitative estimate of drug-likeness (QED) is 0.715. The second kappa shape index (κ2) is 7.54. The molecule has 1 aliphatic carbocycles. The van der Waals surface area contributed by atoms with Crippen LogP contribution in [0.1, 0.15) is 41.6 Å². The van der Waals surface area contributed by atoms with E-state index in [9.17, 15) is 4.79 Å². The van der Waals surface area contributed by atoms with Crippen LogP contribution in [0.25, 0.3) is 5.82 Å². The summed E-state index contributed by atoms with van der Waals surface area (Å²) in [6, 6.07) is 12.0. The van der Waals surface area contributed by atoms with Crippen LogP contribution in [0.4, 0.5) is 0 Å². The number of para-hydroxylation sites is 1. The number of ether oxygens (including phenoxy) is 1. The molecule has 6 nitrogen and oxygen atoms in total. The van der Waals surface area contributed by atoms with Gasteiger partial charge < -0.3 is 14.6 Å². The third-order valence-corrected chi connectivity index (χ3v) is 5.83. The van der Waals surface area contributed by atoms with Crippen LogP contribution in [0, 0.1) is 0 Å². The van der Waals surface area contributed by atoms with Gasteiger partial charge in [-0.05, 0) is 31.0 Å². The molecule has 28 heavy (non-hydrogen) atoms. The van der Waals surface area contributed by atoms with E-state index in [1.54, 1.807) is 18.0 Å². The third kappa shape index (κ3) is 3.19. The molecule has 1 saturated carbocycles. The lowest BCUT2D eigenvalue weighted by atomic mass is 9.78. The van der Waals surface area contributed by atoms with E-state index in [1.807, 2.05) is 54.3 Å². The first-order valence-corrected chi connectivity index (χ1v) is 9.72. The normalized spacial score (nSPS) is 15.5. The Morgan fingerprint density at radius 3 is 2.61 bits per heavy atom. The van der Waals surface area contributed by atoms with Crippen molar-refractivity contribution in [1.29, 1.82) is 0 Å². The summed E-state index contributed by atoms with van der Waals surface area (Å²) in [4.78, 5) is 13.0. The monoisotopic (exact) mass is 378 g/mol. The molecule has 6 heteroatoms. The topological polar surface area (TPSA) is 61.1 Å². The Hall–Kier alpha value is -3.02. The molecule has 1 aliphatic rings. The minimum Gasteiger partial charge on any atom is -0.496 e. The van der Waals surface area contributed by atoms with Gasteiger partial charge in [0.2, 0.25) is 0 Å². The van der Waals surface area contributed by atoms with Crippen molar-refractivity contribution < 1.29 is 9.53 Å². The number of methoxy groups -OCH3 is 1. The number of carbonyl (C=O) groups is 1. The first kappa shape index (κ1) is 18.3. The summed E-state index contributed by atoms with van der Waals surface area (Å²) < 4.78 is 9.25. The molecular formula is C22H26N4O2. The van der Waals surface area contributed by atoms with Crippen molar-refractivity contribution in [3.05, 3.63) is 66.1 Å². The van der Waals surface area contributed by atoms with Gasteiger partial charge in [-0.2, -0.15) is 5.10 Å². The molecule has 1 amide bonds. The lowest BCUT2D eigenvalue weighted by Gasteiger charge is -2.31. The number of benzene rings is 1. The number of aromatic nitrogens is 3. The zero-order valence-corrected chi connectivity index (χ0v) is 16.4. The highest BCUT2D eigenvalue weighted by Gasteiger charge is 2.38. The number of aryl methyl sites for hydroxylation is 1. The van der Waals surface area contributed by atoms with Gasteiger partial charge in [-0.25, -0.2) is 0 Å². The summed E-state index contributed by atoms with van der Waals surface area (Å²) in [5.41, 5.74) is 1.68. The number of nitrogens with one attached hydrogen (secondary N) is 1. The smallest absolute Gasteiger partial charge is 0.256 e. The van der Waals surface area contributed by atoms with Crippen LogP contribution in [-0.4, -0.2) is 33.9 Å². The number of rotatable bonds is 6. The Morgan fingerprint density at radius 2 is 1.89 bits per heavy atom. The van der Waals surface area contributed by atoms with E-state index < -0.39 is 0 Å². The van der Waals surface area contributed by atoms with E-state index in [1.165, 1.54) is 5.56 Å². The highest BCUT2D eigenvalue weighted by Crippen LogP contribution is 2.44. The molecule has 1 N–H and O–H groups in total. The van der Waals surface area contributed by atoms with Crippen LogP contribution in [-0.2, 0) is 12.5 Å². The zero-order chi connectivity index (χ0) is 19.6. The van der Waals surface area contributed by atoms with Crippen molar-refractivity contribution in [3.8, 4) is 11.6 Å². The summed E-state index contributed by atoms with van der Waals surface area (Å²) >= 11 is 0. The molecule has 146 valence electrons. The summed E-state index contributed by atoms with van der Waals surface area (Å²) in [6.45, 7) is 0.590. The van der Waals surface area contributed by atoms with Crippen LogP contribution in [0.5, 0.6) is 5.75 Å². The number of carbonyl (C=O) groups excluding carboxylic acids is 1. The highest BCUT2D eigenvalue weighted by molar-refractivity contribution is 5.97. The second-order valence-corrected chi connectivity index (χ2v) is 7.47. The predicted octanol–water partition coefficient (Wildman–Crippen LogP) is 3.46. The lowest BCUT2D eigenvalue weighted by Crippen LogP contribution is -2.39. The fourth-order valence-corrected chi connectivity index (χ4v) is 4.39. The molecule has 0 aliphatic heterocycles. The molecule has 0 saturated heterocycles. The van der Waals surface area contributed by atoms with Gasteiger partial charge in [-0.3, -0.25) is 9.48 Å². The zero-order valence-electron chi connectivity index (χ0n) is 16.4. The molecule has 2 aromatic heterocycles. The minimum atomic E-state index is -0.0991. The Bertz CT molecular complexity index is 953. The lowest BCUT2D eigenvalue weighted by molar-refractivity contribution is 0.0942. The van der Waals surface area contributed by atoms with E-state index in [2.05, 4.69) is 16.5 Å². The fourth-order valence-electron chi connectivity index (χ4n) is 4.39. The largest absolute Gasteiger partial charge is 0.496 e. The standard InChI is InChI=1S/C22H26N4O2/c1-25-21(26-13-7-8-14-26)17(15-24-25)20(27)23-16-22(11-5-6-12-22)18-9-3-4-10-19(18)28-2/h3-4,7-10,13-15H,5-6,11-12,16H2,1-2H3,(H,23,27). The Labute approximate surface area is 165 Å². The van der Waals surface area contributed by atoms with Gasteiger partial charge in [-0.1, -0.05) is 31.0 Å². The molecule has 0 unspecified atom stereocenters. The van der Waals surface area contributed by atoms with Crippen LogP contribution in [0.3, 0.4) is 0 Å². The molecular weight excluding hydrogens is 352 g/mol. The van der Waals surface area contributed by atoms with Crippen molar-refractivity contribution in [3.63, 3.8) is 0 Å². The molecule has 0 bridgehead atoms. The molecule has 4 rings (SSSR count). The van der Waals surface area contributed by atoms with E-state index in [0.717, 1.165) is 37.3 Å². The van der Waals surface area contributed by atoms with Gasteiger partial charge in [0.25, 0.3) is 5.91 Å². The summed E-state index contributed by atoms with van der Waals surface area (Å²) in [7, 11) is 3.55. The molecule has 0 spiro atoms. The van der Waals surface area contributed by atoms with Crippen LogP contribution in [0.2, 0.25) is 0 Å². The highest BCUT2D eigenvalue weighted by atomic mass is 16.5. The van der Waals surface area contributed by atoms with Gasteiger partial charge in [0.05, 0.1) is 13.3 Å². The number of hydrogen-bond acceptors (Lipinski definition) is 3. The van der Waals surface area contributed by atoms with E-state index in [4.69, 9.17) is 4.74 Å². The molecule has 1 fully saturated rings. The number of amides is 1. The van der Waals surface area contributed by atoms with Gasteiger partial charge >= 0.3 is 0 Å². The summed E-state index contributed by atoms with van der Waals surface area (Å²) in [6.07, 6.45) is 9.89. The first-order chi connectivity index (χ1) is 13.6. The molecule has 1 aromatic carbocycles. The van der Waals surface area contributed by atoms with Crippen molar-refractivity contribution >= 4 is 5.91 Å². The van der Waals surface area contributed by atoms with Crippen molar-refractivity contribution in [2.75, 3.05) is 13.7 Å². The number of hydrogen-bond donors (Lipinski definition) is 1. The third-order valence-electron chi connectivity index (χ3n) is 5.83. The summed E-state index contributed by atoms with van der Waals surface area (Å²) in [5.74, 6) is 1.56. The summed E-state index contributed by atoms with van der Waals surface area (Å²) in [5, 5.41) is 7.48. The van der Waals surface area contributed by atoms with Crippen molar-refractivity contribution in [1.82, 2.24) is 19.7 Å². The predicted molar refractivity (Wildman–Crippen MR) is 108 cm³/mol. The molecule has 0 atom stereocenters. The molecule has 0 radical (unpaired) electrons. The SMILES string of the molecule is COc1ccccc1C1(CNC(=O)c2cnn(C)c2-n2cccc2)CCCC1. The molecule has 3 aromatic rings. The number of nitrogens with zero attached hydrogens (tertiary/aromatic N) is 3. The van der Waals surface area contributed by atoms with Gasteiger partial charge in [0.15, 0.2) is 0 Å². The maximum atomic E-state index is 13.0. The van der Waals surface area contributed by atoms with Gasteiger partial charge in [0.1, 0.15) is 17.1 Å². The van der Waals surface area contributed by atoms with Crippen LogP contribution < -0.4 is 10.1 Å². The maximum absolute atomic E-state index is 13.0.